The normalized spacial score (nSPS) is 10.2. The van der Waals surface area contributed by atoms with Crippen LogP contribution in [0.4, 0.5) is 5.69 Å². The second kappa shape index (κ2) is 8.49. The van der Waals surface area contributed by atoms with E-state index in [1.807, 2.05) is 46.8 Å². The van der Waals surface area contributed by atoms with Gasteiger partial charge in [0, 0.05) is 5.69 Å². The number of nitrogens with zero attached hydrogens (tertiary/aromatic N) is 2. The SMILES string of the molecule is CCOC(=O)c1ccc(NC(=O)Cn2c[n+](C)c3ccccc32)cc1.[Cl-]. The molecular formula is C19H20ClN3O3. The van der Waals surface area contributed by atoms with Gasteiger partial charge in [-0.1, -0.05) is 12.1 Å². The molecule has 0 aliphatic rings. The maximum absolute atomic E-state index is 12.3. The van der Waals surface area contributed by atoms with Gasteiger partial charge in [0.15, 0.2) is 17.6 Å². The number of imidazole rings is 1. The van der Waals surface area contributed by atoms with Crippen molar-refractivity contribution in [3.8, 4) is 0 Å². The minimum Gasteiger partial charge on any atom is -1.00 e. The number of esters is 1. The highest BCUT2D eigenvalue weighted by Gasteiger charge is 2.15. The van der Waals surface area contributed by atoms with E-state index in [2.05, 4.69) is 5.32 Å². The van der Waals surface area contributed by atoms with Crippen molar-refractivity contribution in [2.75, 3.05) is 11.9 Å². The van der Waals surface area contributed by atoms with Crippen molar-refractivity contribution in [1.29, 1.82) is 0 Å². The van der Waals surface area contributed by atoms with Crippen LogP contribution in [0.2, 0.25) is 0 Å². The molecule has 0 aliphatic heterocycles. The van der Waals surface area contributed by atoms with E-state index in [4.69, 9.17) is 4.74 Å². The van der Waals surface area contributed by atoms with Crippen molar-refractivity contribution in [3.05, 3.63) is 60.4 Å². The lowest BCUT2D eigenvalue weighted by atomic mass is 10.2. The van der Waals surface area contributed by atoms with Crippen LogP contribution in [0.5, 0.6) is 0 Å². The highest BCUT2D eigenvalue weighted by Crippen LogP contribution is 2.13. The molecule has 1 heterocycles. The van der Waals surface area contributed by atoms with Crippen molar-refractivity contribution in [2.24, 2.45) is 7.05 Å². The van der Waals surface area contributed by atoms with Crippen LogP contribution in [-0.2, 0) is 23.1 Å². The number of hydrogen-bond donors (Lipinski definition) is 1. The van der Waals surface area contributed by atoms with Crippen LogP contribution in [0, 0.1) is 0 Å². The molecule has 26 heavy (non-hydrogen) atoms. The number of aromatic nitrogens is 2. The molecule has 6 nitrogen and oxygen atoms in total. The van der Waals surface area contributed by atoms with Crippen LogP contribution in [-0.4, -0.2) is 23.1 Å². The van der Waals surface area contributed by atoms with E-state index in [1.54, 1.807) is 31.2 Å². The first-order chi connectivity index (χ1) is 12.1. The van der Waals surface area contributed by atoms with Crippen molar-refractivity contribution in [1.82, 2.24) is 4.57 Å². The third-order valence-electron chi connectivity index (χ3n) is 3.88. The summed E-state index contributed by atoms with van der Waals surface area (Å²) in [4.78, 5) is 24.0. The average Bonchev–Trinajstić information content (AvgIpc) is 2.92. The number of amides is 1. The number of benzene rings is 2. The molecular weight excluding hydrogens is 354 g/mol. The Balaban J connectivity index is 0.00000243. The summed E-state index contributed by atoms with van der Waals surface area (Å²) < 4.78 is 8.82. The van der Waals surface area contributed by atoms with Gasteiger partial charge in [-0.15, -0.1) is 0 Å². The number of para-hydroxylation sites is 2. The summed E-state index contributed by atoms with van der Waals surface area (Å²) in [5.74, 6) is -0.503. The van der Waals surface area contributed by atoms with E-state index in [1.165, 1.54) is 0 Å². The van der Waals surface area contributed by atoms with Crippen molar-refractivity contribution >= 4 is 28.6 Å². The largest absolute Gasteiger partial charge is 1.00 e. The summed E-state index contributed by atoms with van der Waals surface area (Å²) in [5.41, 5.74) is 3.16. The molecule has 0 bridgehead atoms. The van der Waals surface area contributed by atoms with Crippen LogP contribution in [0.25, 0.3) is 11.0 Å². The molecule has 0 unspecified atom stereocenters. The molecule has 1 aromatic heterocycles. The molecule has 0 fully saturated rings. The Morgan fingerprint density at radius 2 is 1.81 bits per heavy atom. The van der Waals surface area contributed by atoms with Gasteiger partial charge in [0.2, 0.25) is 6.33 Å². The lowest BCUT2D eigenvalue weighted by molar-refractivity contribution is -0.645. The van der Waals surface area contributed by atoms with Gasteiger partial charge in [-0.3, -0.25) is 4.79 Å². The summed E-state index contributed by atoms with van der Waals surface area (Å²) >= 11 is 0. The molecule has 0 spiro atoms. The number of hydrogen-bond acceptors (Lipinski definition) is 3. The average molecular weight is 374 g/mol. The van der Waals surface area contributed by atoms with Gasteiger partial charge in [0.05, 0.1) is 19.2 Å². The van der Waals surface area contributed by atoms with Crippen molar-refractivity contribution in [2.45, 2.75) is 13.5 Å². The minimum absolute atomic E-state index is 0. The fourth-order valence-corrected chi connectivity index (χ4v) is 2.72. The summed E-state index contributed by atoms with van der Waals surface area (Å²) in [7, 11) is 1.95. The zero-order valence-electron chi connectivity index (χ0n) is 14.6. The fourth-order valence-electron chi connectivity index (χ4n) is 2.72. The van der Waals surface area contributed by atoms with E-state index >= 15 is 0 Å². The van der Waals surface area contributed by atoms with Gasteiger partial charge in [-0.25, -0.2) is 13.9 Å². The van der Waals surface area contributed by atoms with Crippen LogP contribution >= 0.6 is 0 Å². The Labute approximate surface area is 157 Å². The lowest BCUT2D eigenvalue weighted by Crippen LogP contribution is -3.00. The Hall–Kier alpha value is -2.86. The highest BCUT2D eigenvalue weighted by molar-refractivity contribution is 5.93. The number of aryl methyl sites for hydroxylation is 1. The van der Waals surface area contributed by atoms with E-state index < -0.39 is 0 Å². The van der Waals surface area contributed by atoms with Crippen LogP contribution < -0.4 is 22.3 Å². The number of carbonyl (C=O) groups excluding carboxylic acids is 2. The van der Waals surface area contributed by atoms with Crippen LogP contribution in [0.1, 0.15) is 17.3 Å². The van der Waals surface area contributed by atoms with E-state index in [-0.39, 0.29) is 30.8 Å². The highest BCUT2D eigenvalue weighted by atomic mass is 35.5. The Kier molecular flexibility index (Phi) is 6.36. The number of nitrogens with one attached hydrogen (secondary N) is 1. The van der Waals surface area contributed by atoms with Gasteiger partial charge in [-0.2, -0.15) is 0 Å². The van der Waals surface area contributed by atoms with Gasteiger partial charge in [-0.05, 0) is 43.3 Å². The quantitative estimate of drug-likeness (QED) is 0.474. The number of ether oxygens (including phenoxy) is 1. The number of carbonyl (C=O) groups is 2. The van der Waals surface area contributed by atoms with Gasteiger partial charge < -0.3 is 22.5 Å². The molecule has 7 heteroatoms. The number of rotatable bonds is 5. The molecule has 1 amide bonds. The third kappa shape index (κ3) is 4.21. The Morgan fingerprint density at radius 3 is 2.50 bits per heavy atom. The summed E-state index contributed by atoms with van der Waals surface area (Å²) in [6.45, 7) is 2.30. The topological polar surface area (TPSA) is 64.2 Å². The van der Waals surface area contributed by atoms with Crippen LogP contribution in [0.3, 0.4) is 0 Å². The molecule has 0 saturated heterocycles. The van der Waals surface area contributed by atoms with E-state index in [0.29, 0.717) is 17.9 Å². The molecule has 0 atom stereocenters. The Bertz CT molecular complexity index is 919. The smallest absolute Gasteiger partial charge is 0.338 e. The molecule has 136 valence electrons. The molecule has 3 aromatic rings. The summed E-state index contributed by atoms with van der Waals surface area (Å²) in [5, 5.41) is 2.84. The Morgan fingerprint density at radius 1 is 1.12 bits per heavy atom. The zero-order valence-corrected chi connectivity index (χ0v) is 15.4. The predicted octanol–water partition coefficient (Wildman–Crippen LogP) is -0.715. The first-order valence-electron chi connectivity index (χ1n) is 8.09. The fraction of sp³-hybridized carbons (Fsp3) is 0.211. The summed E-state index contributed by atoms with van der Waals surface area (Å²) in [6.07, 6.45) is 1.90. The predicted molar refractivity (Wildman–Crippen MR) is 94.1 cm³/mol. The third-order valence-corrected chi connectivity index (χ3v) is 3.88. The number of halogens is 1. The molecule has 2 aromatic carbocycles. The monoisotopic (exact) mass is 373 g/mol. The van der Waals surface area contributed by atoms with Gasteiger partial charge >= 0.3 is 5.97 Å². The molecule has 0 radical (unpaired) electrons. The van der Waals surface area contributed by atoms with E-state index in [0.717, 1.165) is 11.0 Å². The first kappa shape index (κ1) is 19.5. The maximum atomic E-state index is 12.3. The molecule has 0 aliphatic carbocycles. The minimum atomic E-state index is -0.369. The van der Waals surface area contributed by atoms with Gasteiger partial charge in [0.25, 0.3) is 5.91 Å². The van der Waals surface area contributed by atoms with Crippen molar-refractivity contribution in [3.63, 3.8) is 0 Å². The first-order valence-corrected chi connectivity index (χ1v) is 8.09. The van der Waals surface area contributed by atoms with E-state index in [9.17, 15) is 9.59 Å². The number of anilines is 1. The molecule has 1 N–H and O–H groups in total. The maximum Gasteiger partial charge on any atom is 0.338 e. The van der Waals surface area contributed by atoms with Crippen molar-refractivity contribution < 1.29 is 31.3 Å². The molecule has 0 saturated carbocycles. The summed E-state index contributed by atoms with van der Waals surface area (Å²) in [6, 6.07) is 14.6. The zero-order chi connectivity index (χ0) is 17.8. The molecule has 3 rings (SSSR count). The van der Waals surface area contributed by atoms with Gasteiger partial charge in [0.1, 0.15) is 0 Å². The van der Waals surface area contributed by atoms with Crippen LogP contribution in [0.15, 0.2) is 54.9 Å². The standard InChI is InChI=1S/C19H19N3O3.ClH/c1-3-25-19(24)14-8-10-15(11-9-14)20-18(23)12-22-13-21(2)16-6-4-5-7-17(16)22;/h4-11,13H,3,12H2,1-2H3;1H. The second-order valence-corrected chi connectivity index (χ2v) is 5.69. The second-order valence-electron chi connectivity index (χ2n) is 5.69. The number of fused-ring (bicyclic) bond motifs is 1. The lowest BCUT2D eigenvalue weighted by Gasteiger charge is -2.05.